The Labute approximate surface area is 218 Å². The highest BCUT2D eigenvalue weighted by Gasteiger charge is 2.56. The number of hydrogen-bond acceptors (Lipinski definition) is 6. The van der Waals surface area contributed by atoms with Crippen molar-refractivity contribution in [2.24, 2.45) is 16.7 Å². The summed E-state index contributed by atoms with van der Waals surface area (Å²) in [5.74, 6) is 0.0115. The standard InChI is InChI=1S/C30H52O6/c1-19(2)22(36-34)13-16-28(6)21(20(3)9-12-25(28)32)10-11-23-29(7)17-14-24(31)27(4,5)35-26(29)15-18-30(23,8)33/h22-26,31-34H,1,9-18H2,2-8H3/t22-,23-,24-,25+,26-,28-,29-,30+/m0/s1. The molecule has 1 heterocycles. The summed E-state index contributed by atoms with van der Waals surface area (Å²) in [5.41, 5.74) is 1.28. The summed E-state index contributed by atoms with van der Waals surface area (Å²) in [6.45, 7) is 18.3. The van der Waals surface area contributed by atoms with Crippen molar-refractivity contribution in [2.75, 3.05) is 0 Å². The largest absolute Gasteiger partial charge is 0.392 e. The van der Waals surface area contributed by atoms with Gasteiger partial charge in [-0.3, -0.25) is 5.26 Å². The zero-order valence-electron chi connectivity index (χ0n) is 23.8. The second kappa shape index (κ2) is 10.8. The normalized spacial score (nSPS) is 42.0. The Morgan fingerprint density at radius 3 is 2.36 bits per heavy atom. The molecule has 8 atom stereocenters. The van der Waals surface area contributed by atoms with Gasteiger partial charge in [0.1, 0.15) is 6.10 Å². The third kappa shape index (κ3) is 5.64. The van der Waals surface area contributed by atoms with Crippen LogP contribution in [0.3, 0.4) is 0 Å². The third-order valence-electron chi connectivity index (χ3n) is 10.4. The van der Waals surface area contributed by atoms with Gasteiger partial charge in [0.2, 0.25) is 0 Å². The number of rotatable bonds is 8. The third-order valence-corrected chi connectivity index (χ3v) is 10.4. The van der Waals surface area contributed by atoms with Gasteiger partial charge in [0.05, 0.1) is 29.5 Å². The number of aliphatic hydroxyl groups is 3. The van der Waals surface area contributed by atoms with Gasteiger partial charge in [0.15, 0.2) is 0 Å². The van der Waals surface area contributed by atoms with Crippen molar-refractivity contribution in [2.45, 2.75) is 148 Å². The van der Waals surface area contributed by atoms with E-state index < -0.39 is 34.9 Å². The summed E-state index contributed by atoms with van der Waals surface area (Å²) in [5, 5.41) is 42.9. The Bertz CT molecular complexity index is 831. The monoisotopic (exact) mass is 508 g/mol. The van der Waals surface area contributed by atoms with Crippen LogP contribution in [0.1, 0.15) is 113 Å². The number of hydrogen-bond donors (Lipinski definition) is 4. The summed E-state index contributed by atoms with van der Waals surface area (Å²) in [4.78, 5) is 4.67. The topological polar surface area (TPSA) is 99.4 Å². The van der Waals surface area contributed by atoms with E-state index >= 15 is 0 Å². The Morgan fingerprint density at radius 2 is 1.75 bits per heavy atom. The highest BCUT2D eigenvalue weighted by Crippen LogP contribution is 2.56. The van der Waals surface area contributed by atoms with Gasteiger partial charge < -0.3 is 20.1 Å². The van der Waals surface area contributed by atoms with Gasteiger partial charge in [0, 0.05) is 5.41 Å². The molecule has 0 unspecified atom stereocenters. The number of fused-ring (bicyclic) bond motifs is 1. The van der Waals surface area contributed by atoms with Crippen LogP contribution in [0.2, 0.25) is 0 Å². The van der Waals surface area contributed by atoms with E-state index in [1.54, 1.807) is 0 Å². The first-order valence-corrected chi connectivity index (χ1v) is 14.0. The highest BCUT2D eigenvalue weighted by atomic mass is 17.1. The maximum Gasteiger partial charge on any atom is 0.113 e. The van der Waals surface area contributed by atoms with Crippen molar-refractivity contribution in [3.63, 3.8) is 0 Å². The lowest BCUT2D eigenvalue weighted by atomic mass is 9.55. The average Bonchev–Trinajstić information content (AvgIpc) is 2.87. The summed E-state index contributed by atoms with van der Waals surface area (Å²) < 4.78 is 6.55. The lowest BCUT2D eigenvalue weighted by Gasteiger charge is -2.54. The molecule has 0 radical (unpaired) electrons. The van der Waals surface area contributed by atoms with Crippen LogP contribution in [0, 0.1) is 16.7 Å². The van der Waals surface area contributed by atoms with Crippen LogP contribution < -0.4 is 0 Å². The number of allylic oxidation sites excluding steroid dienone is 1. The fourth-order valence-corrected chi connectivity index (χ4v) is 7.71. The van der Waals surface area contributed by atoms with E-state index in [2.05, 4.69) is 32.2 Å². The molecular formula is C30H52O6. The molecule has 2 aliphatic carbocycles. The molecule has 1 aliphatic heterocycles. The van der Waals surface area contributed by atoms with Crippen molar-refractivity contribution in [3.8, 4) is 0 Å². The predicted octanol–water partition coefficient (Wildman–Crippen LogP) is 5.94. The molecule has 0 aromatic rings. The van der Waals surface area contributed by atoms with Gasteiger partial charge in [-0.15, -0.1) is 0 Å². The molecule has 6 nitrogen and oxygen atoms in total. The first-order valence-electron chi connectivity index (χ1n) is 14.0. The zero-order chi connectivity index (χ0) is 27.1. The Hall–Kier alpha value is -0.760. The van der Waals surface area contributed by atoms with Crippen LogP contribution in [0.4, 0.5) is 0 Å². The van der Waals surface area contributed by atoms with Crippen molar-refractivity contribution in [1.82, 2.24) is 0 Å². The molecule has 0 aromatic carbocycles. The van der Waals surface area contributed by atoms with Crippen LogP contribution in [0.5, 0.6) is 0 Å². The smallest absolute Gasteiger partial charge is 0.113 e. The molecule has 0 bridgehead atoms. The zero-order valence-corrected chi connectivity index (χ0v) is 23.8. The van der Waals surface area contributed by atoms with Gasteiger partial charge in [-0.1, -0.05) is 31.6 Å². The van der Waals surface area contributed by atoms with Crippen molar-refractivity contribution >= 4 is 0 Å². The highest BCUT2D eigenvalue weighted by molar-refractivity contribution is 5.26. The molecule has 0 aromatic heterocycles. The lowest BCUT2D eigenvalue weighted by molar-refractivity contribution is -0.270. The van der Waals surface area contributed by atoms with Gasteiger partial charge in [-0.05, 0) is 116 Å². The van der Waals surface area contributed by atoms with E-state index in [4.69, 9.17) is 4.74 Å². The number of aliphatic hydroxyl groups excluding tert-OH is 2. The van der Waals surface area contributed by atoms with Gasteiger partial charge in [0.25, 0.3) is 0 Å². The molecule has 2 fully saturated rings. The fourth-order valence-electron chi connectivity index (χ4n) is 7.71. The molecule has 1 saturated carbocycles. The fraction of sp³-hybridized carbons (Fsp3) is 0.867. The second-order valence-corrected chi connectivity index (χ2v) is 13.5. The van der Waals surface area contributed by atoms with E-state index in [1.165, 1.54) is 11.1 Å². The van der Waals surface area contributed by atoms with Gasteiger partial charge in [-0.2, -0.15) is 0 Å². The maximum absolute atomic E-state index is 11.6. The molecule has 4 N–H and O–H groups in total. The summed E-state index contributed by atoms with van der Waals surface area (Å²) in [6.07, 6.45) is 5.96. The van der Waals surface area contributed by atoms with Crippen LogP contribution in [0.15, 0.2) is 23.3 Å². The minimum atomic E-state index is -0.817. The molecule has 36 heavy (non-hydrogen) atoms. The molecule has 3 aliphatic rings. The number of ether oxygens (including phenoxy) is 1. The first-order chi connectivity index (χ1) is 16.6. The lowest BCUT2D eigenvalue weighted by Crippen LogP contribution is -2.56. The van der Waals surface area contributed by atoms with E-state index in [1.807, 2.05) is 27.7 Å². The molecule has 3 rings (SSSR count). The van der Waals surface area contributed by atoms with Crippen LogP contribution in [-0.2, 0) is 9.62 Å². The minimum Gasteiger partial charge on any atom is -0.392 e. The molecule has 0 amide bonds. The van der Waals surface area contributed by atoms with Crippen molar-refractivity contribution < 1.29 is 30.2 Å². The Morgan fingerprint density at radius 1 is 1.08 bits per heavy atom. The molecule has 6 heteroatoms. The van der Waals surface area contributed by atoms with Gasteiger partial charge in [-0.25, -0.2) is 4.89 Å². The van der Waals surface area contributed by atoms with Crippen molar-refractivity contribution in [1.29, 1.82) is 0 Å². The first kappa shape index (κ1) is 29.8. The van der Waals surface area contributed by atoms with E-state index in [0.29, 0.717) is 25.7 Å². The van der Waals surface area contributed by atoms with E-state index in [-0.39, 0.29) is 17.4 Å². The van der Waals surface area contributed by atoms with Crippen LogP contribution in [-0.4, -0.2) is 56.2 Å². The Balaban J connectivity index is 1.87. The molecule has 208 valence electrons. The maximum atomic E-state index is 11.6. The molecule has 0 spiro atoms. The summed E-state index contributed by atoms with van der Waals surface area (Å²) >= 11 is 0. The Kier molecular flexibility index (Phi) is 8.92. The van der Waals surface area contributed by atoms with Crippen LogP contribution >= 0.6 is 0 Å². The minimum absolute atomic E-state index is 0.00805. The van der Waals surface area contributed by atoms with Crippen LogP contribution in [0.25, 0.3) is 0 Å². The SMILES string of the molecule is C=C(C)[C@H](CC[C@@]1(C)C(CC[C@H]2[C@]3(C)CC[C@H](O)C(C)(C)O[C@H]3CC[C@@]2(C)O)=C(C)CC[C@H]1O)OO. The molecular weight excluding hydrogens is 456 g/mol. The second-order valence-electron chi connectivity index (χ2n) is 13.5. The quantitative estimate of drug-likeness (QED) is 0.184. The average molecular weight is 509 g/mol. The molecule has 1 saturated heterocycles. The van der Waals surface area contributed by atoms with Crippen molar-refractivity contribution in [3.05, 3.63) is 23.3 Å². The van der Waals surface area contributed by atoms with E-state index in [0.717, 1.165) is 44.1 Å². The van der Waals surface area contributed by atoms with E-state index in [9.17, 15) is 20.6 Å². The predicted molar refractivity (Wildman–Crippen MR) is 142 cm³/mol. The summed E-state index contributed by atoms with van der Waals surface area (Å²) in [6, 6.07) is 0. The van der Waals surface area contributed by atoms with Gasteiger partial charge >= 0.3 is 0 Å². The summed E-state index contributed by atoms with van der Waals surface area (Å²) in [7, 11) is 0.